The molecule has 0 heterocycles. The summed E-state index contributed by atoms with van der Waals surface area (Å²) in [5, 5.41) is 55.1. The van der Waals surface area contributed by atoms with E-state index in [9.17, 15) is 54.0 Å². The summed E-state index contributed by atoms with van der Waals surface area (Å²) in [6.07, 6.45) is -4.20. The predicted molar refractivity (Wildman–Crippen MR) is 214 cm³/mol. The van der Waals surface area contributed by atoms with E-state index in [4.69, 9.17) is 0 Å². The van der Waals surface area contributed by atoms with Crippen LogP contribution in [0.1, 0.15) is 77.5 Å². The zero-order valence-electron chi connectivity index (χ0n) is 33.3. The highest BCUT2D eigenvalue weighted by atomic mass is 16.4. The van der Waals surface area contributed by atoms with E-state index in [0.717, 1.165) is 5.39 Å². The molecule has 1 unspecified atom stereocenters. The van der Waals surface area contributed by atoms with Crippen LogP contribution in [0.3, 0.4) is 0 Å². The summed E-state index contributed by atoms with van der Waals surface area (Å²) in [5.74, 6) is -7.21. The van der Waals surface area contributed by atoms with Crippen LogP contribution in [0.4, 0.5) is 0 Å². The first kappa shape index (κ1) is 46.5. The number of rotatable bonds is 22. The molecule has 3 aromatic rings. The molecule has 0 radical (unpaired) electrons. The number of amides is 5. The fourth-order valence-electron chi connectivity index (χ4n) is 6.34. The predicted octanol–water partition coefficient (Wildman–Crippen LogP) is 1.96. The number of aliphatic hydroxyl groups excluding tert-OH is 2. The van der Waals surface area contributed by atoms with Crippen LogP contribution in [0.2, 0.25) is 0 Å². The van der Waals surface area contributed by atoms with Crippen molar-refractivity contribution in [2.75, 3.05) is 0 Å². The third-order valence-electron chi connectivity index (χ3n) is 9.47. The molecule has 0 aliphatic carbocycles. The summed E-state index contributed by atoms with van der Waals surface area (Å²) >= 11 is 0. The van der Waals surface area contributed by atoms with Gasteiger partial charge in [-0.2, -0.15) is 0 Å². The lowest BCUT2D eigenvalue weighted by atomic mass is 9.95. The number of carbonyl (C=O) groups excluding carboxylic acids is 5. The minimum absolute atomic E-state index is 0.0257. The molecule has 3 aromatic carbocycles. The van der Waals surface area contributed by atoms with Gasteiger partial charge in [-0.15, -0.1) is 0 Å². The second-order valence-electron chi connectivity index (χ2n) is 15.1. The number of fused-ring (bicyclic) bond motifs is 1. The van der Waals surface area contributed by atoms with Gasteiger partial charge < -0.3 is 47.0 Å². The molecule has 0 bridgehead atoms. The van der Waals surface area contributed by atoms with Gasteiger partial charge in [-0.25, -0.2) is 4.79 Å². The van der Waals surface area contributed by atoms with Crippen molar-refractivity contribution in [3.05, 3.63) is 83.9 Å². The van der Waals surface area contributed by atoms with E-state index in [1.165, 1.54) is 6.92 Å². The third-order valence-corrected chi connectivity index (χ3v) is 9.47. The SMILES string of the molecule is CC(C)C[C@H](NC(=O)C(O)c1cccc2ccccc12)[C@@H](O)CC(=O)N[C@H](C(=O)N[C@@H](C)C(=O)N[C@@H](CCC(=O)O)C(=O)N[C@@H](Cc1ccccc1)C(=O)O)C(C)C. The highest BCUT2D eigenvalue weighted by Gasteiger charge is 2.33. The van der Waals surface area contributed by atoms with E-state index >= 15 is 0 Å². The van der Waals surface area contributed by atoms with Crippen molar-refractivity contribution in [3.8, 4) is 0 Å². The van der Waals surface area contributed by atoms with E-state index in [1.807, 2.05) is 32.0 Å². The van der Waals surface area contributed by atoms with Crippen LogP contribution in [-0.2, 0) is 40.0 Å². The molecule has 7 atom stereocenters. The molecular weight excluding hydrogens is 750 g/mol. The molecule has 0 aliphatic rings. The van der Waals surface area contributed by atoms with E-state index in [1.54, 1.807) is 68.4 Å². The van der Waals surface area contributed by atoms with Crippen LogP contribution in [0.15, 0.2) is 72.8 Å². The highest BCUT2D eigenvalue weighted by Crippen LogP contribution is 2.25. The molecule has 0 spiro atoms. The lowest BCUT2D eigenvalue weighted by Gasteiger charge is -2.28. The summed E-state index contributed by atoms with van der Waals surface area (Å²) < 4.78 is 0. The number of hydrogen-bond acceptors (Lipinski definition) is 9. The van der Waals surface area contributed by atoms with Crippen LogP contribution < -0.4 is 26.6 Å². The van der Waals surface area contributed by atoms with E-state index in [0.29, 0.717) is 16.5 Å². The Hall–Kier alpha value is -5.87. The average Bonchev–Trinajstić information content (AvgIpc) is 3.17. The summed E-state index contributed by atoms with van der Waals surface area (Å²) in [5.41, 5.74) is 0.998. The molecule has 0 fully saturated rings. The molecule has 58 heavy (non-hydrogen) atoms. The van der Waals surface area contributed by atoms with Gasteiger partial charge >= 0.3 is 11.9 Å². The Kier molecular flexibility index (Phi) is 17.8. The van der Waals surface area contributed by atoms with Gasteiger partial charge in [0.2, 0.25) is 23.6 Å². The van der Waals surface area contributed by atoms with Gasteiger partial charge in [0, 0.05) is 12.8 Å². The fourth-order valence-corrected chi connectivity index (χ4v) is 6.34. The van der Waals surface area contributed by atoms with Crippen molar-refractivity contribution in [1.29, 1.82) is 0 Å². The van der Waals surface area contributed by atoms with Gasteiger partial charge in [0.1, 0.15) is 24.2 Å². The van der Waals surface area contributed by atoms with E-state index in [2.05, 4.69) is 26.6 Å². The molecule has 314 valence electrons. The lowest BCUT2D eigenvalue weighted by Crippen LogP contribution is -2.58. The van der Waals surface area contributed by atoms with Crippen molar-refractivity contribution in [3.63, 3.8) is 0 Å². The smallest absolute Gasteiger partial charge is 0.326 e. The van der Waals surface area contributed by atoms with Crippen LogP contribution in [-0.4, -0.2) is 98.2 Å². The molecule has 9 N–H and O–H groups in total. The van der Waals surface area contributed by atoms with Crippen molar-refractivity contribution in [2.45, 2.75) is 109 Å². The Morgan fingerprint density at radius 1 is 0.638 bits per heavy atom. The first-order chi connectivity index (χ1) is 27.4. The maximum absolute atomic E-state index is 13.4. The second kappa shape index (κ2) is 22.2. The topological polar surface area (TPSA) is 261 Å². The van der Waals surface area contributed by atoms with Gasteiger partial charge in [0.05, 0.1) is 18.6 Å². The largest absolute Gasteiger partial charge is 0.481 e. The zero-order chi connectivity index (χ0) is 43.1. The summed E-state index contributed by atoms with van der Waals surface area (Å²) in [6, 6.07) is 14.7. The number of carboxylic acid groups (broad SMARTS) is 2. The third kappa shape index (κ3) is 14.3. The van der Waals surface area contributed by atoms with Crippen molar-refractivity contribution in [2.24, 2.45) is 11.8 Å². The molecular formula is C42H55N5O11. The maximum atomic E-state index is 13.4. The van der Waals surface area contributed by atoms with Crippen molar-refractivity contribution >= 4 is 52.2 Å². The number of carboxylic acids is 2. The molecule has 16 heteroatoms. The quantitative estimate of drug-likeness (QED) is 0.0709. The van der Waals surface area contributed by atoms with Crippen LogP contribution >= 0.6 is 0 Å². The van der Waals surface area contributed by atoms with Gasteiger partial charge in [0.25, 0.3) is 5.91 Å². The van der Waals surface area contributed by atoms with Gasteiger partial charge in [0.15, 0.2) is 6.10 Å². The summed E-state index contributed by atoms with van der Waals surface area (Å²) in [7, 11) is 0. The van der Waals surface area contributed by atoms with Crippen LogP contribution in [0.5, 0.6) is 0 Å². The van der Waals surface area contributed by atoms with Crippen LogP contribution in [0, 0.1) is 11.8 Å². The molecule has 0 aliphatic heterocycles. The lowest BCUT2D eigenvalue weighted by molar-refractivity contribution is -0.143. The minimum Gasteiger partial charge on any atom is -0.481 e. The Morgan fingerprint density at radius 2 is 1.26 bits per heavy atom. The normalized spacial score (nSPS) is 14.9. The molecule has 0 saturated carbocycles. The minimum atomic E-state index is -1.56. The van der Waals surface area contributed by atoms with Gasteiger partial charge in [-0.1, -0.05) is 100 Å². The highest BCUT2D eigenvalue weighted by molar-refractivity contribution is 5.95. The molecule has 16 nitrogen and oxygen atoms in total. The number of hydrogen-bond donors (Lipinski definition) is 9. The van der Waals surface area contributed by atoms with Crippen molar-refractivity contribution < 1.29 is 54.0 Å². The van der Waals surface area contributed by atoms with Crippen LogP contribution in [0.25, 0.3) is 10.8 Å². The number of benzene rings is 3. The number of nitrogens with one attached hydrogen (secondary N) is 5. The Bertz CT molecular complexity index is 1900. The monoisotopic (exact) mass is 805 g/mol. The average molecular weight is 806 g/mol. The molecule has 0 aromatic heterocycles. The second-order valence-corrected chi connectivity index (χ2v) is 15.1. The number of aliphatic carboxylic acids is 2. The Balaban J connectivity index is 1.64. The molecule has 5 amide bonds. The number of carbonyl (C=O) groups is 7. The molecule has 3 rings (SSSR count). The van der Waals surface area contributed by atoms with Gasteiger partial charge in [-0.05, 0) is 53.5 Å². The first-order valence-corrected chi connectivity index (χ1v) is 19.2. The zero-order valence-corrected chi connectivity index (χ0v) is 33.3. The Labute approximate surface area is 337 Å². The Morgan fingerprint density at radius 3 is 1.88 bits per heavy atom. The number of aliphatic hydroxyl groups is 2. The van der Waals surface area contributed by atoms with E-state index < -0.39 is 103 Å². The summed E-state index contributed by atoms with van der Waals surface area (Å²) in [6.45, 7) is 8.32. The summed E-state index contributed by atoms with van der Waals surface area (Å²) in [4.78, 5) is 89.6. The standard InChI is InChI=1S/C42H55N5O11/c1-23(2)20-31(45-41(56)37(52)29-17-11-15-27-14-9-10-16-28(27)29)33(48)22-34(49)47-36(24(3)4)40(55)43-25(5)38(53)44-30(18-19-35(50)51)39(54)46-32(42(57)58)21-26-12-7-6-8-13-26/h6-17,23-25,30-33,36-37,48,52H,18-22H2,1-5H3,(H,43,55)(H,44,53)(H,45,56)(H,46,54)(H,47,49)(H,50,51)(H,57,58)/t25-,30-,31-,32-,33-,36-,37?/m0/s1. The first-order valence-electron chi connectivity index (χ1n) is 19.2. The molecule has 0 saturated heterocycles. The van der Waals surface area contributed by atoms with E-state index in [-0.39, 0.29) is 25.2 Å². The maximum Gasteiger partial charge on any atom is 0.326 e. The van der Waals surface area contributed by atoms with Crippen molar-refractivity contribution in [1.82, 2.24) is 26.6 Å². The van der Waals surface area contributed by atoms with Gasteiger partial charge in [-0.3, -0.25) is 28.8 Å². The fraction of sp³-hybridized carbons (Fsp3) is 0.452.